The Morgan fingerprint density at radius 3 is 2.23 bits per heavy atom. The maximum Gasteiger partial charge on any atom is 0.306 e. The monoisotopic (exact) mass is 187 g/mol. The molecule has 0 atom stereocenters. The topological polar surface area (TPSA) is 72.5 Å². The van der Waals surface area contributed by atoms with Crippen LogP contribution in [0.5, 0.6) is 0 Å². The van der Waals surface area contributed by atoms with Crippen LogP contribution in [0.4, 0.5) is 0 Å². The van der Waals surface area contributed by atoms with E-state index in [1.54, 1.807) is 0 Å². The quantitative estimate of drug-likeness (QED) is 0.518. The van der Waals surface area contributed by atoms with Crippen molar-refractivity contribution in [1.82, 2.24) is 0 Å². The summed E-state index contributed by atoms with van der Waals surface area (Å²) in [6, 6.07) is 0. The highest BCUT2D eigenvalue weighted by Crippen LogP contribution is 2.32. The van der Waals surface area contributed by atoms with Gasteiger partial charge in [0.1, 0.15) is 0 Å². The number of carboxylic acids is 1. The molecule has 0 heterocycles. The van der Waals surface area contributed by atoms with E-state index in [-0.39, 0.29) is 6.42 Å². The summed E-state index contributed by atoms with van der Waals surface area (Å²) in [5.41, 5.74) is -0.595. The Kier molecular flexibility index (Phi) is 3.69. The normalized spacial score (nSPS) is 22.2. The highest BCUT2D eigenvalue weighted by Gasteiger charge is 2.34. The smallest absolute Gasteiger partial charge is 0.306 e. The Morgan fingerprint density at radius 2 is 1.85 bits per heavy atom. The van der Waals surface area contributed by atoms with E-state index in [4.69, 9.17) is 15.8 Å². The number of hydrogen-bond acceptors (Lipinski definition) is 3. The van der Waals surface area contributed by atoms with E-state index >= 15 is 0 Å². The van der Waals surface area contributed by atoms with Crippen molar-refractivity contribution in [1.29, 1.82) is 0 Å². The average molecular weight is 187 g/mol. The Hall–Kier alpha value is -0.610. The molecule has 0 aromatic carbocycles. The summed E-state index contributed by atoms with van der Waals surface area (Å²) in [6.45, 7) is 0. The van der Waals surface area contributed by atoms with Crippen molar-refractivity contribution in [3.05, 3.63) is 0 Å². The molecule has 0 saturated heterocycles. The van der Waals surface area contributed by atoms with Crippen molar-refractivity contribution in [2.24, 2.45) is 5.90 Å². The van der Waals surface area contributed by atoms with Gasteiger partial charge >= 0.3 is 5.97 Å². The second-order valence-corrected chi connectivity index (χ2v) is 3.79. The molecular weight excluding hydrogens is 170 g/mol. The van der Waals surface area contributed by atoms with Gasteiger partial charge in [0, 0.05) is 0 Å². The van der Waals surface area contributed by atoms with Crippen LogP contribution in [0, 0.1) is 0 Å². The molecule has 0 spiro atoms. The van der Waals surface area contributed by atoms with E-state index in [0.717, 1.165) is 38.5 Å². The van der Waals surface area contributed by atoms with Gasteiger partial charge in [0.15, 0.2) is 0 Å². The first kappa shape index (κ1) is 10.5. The highest BCUT2D eigenvalue weighted by molar-refractivity contribution is 5.68. The van der Waals surface area contributed by atoms with Crippen LogP contribution in [0.15, 0.2) is 0 Å². The first-order valence-electron chi connectivity index (χ1n) is 4.78. The van der Waals surface area contributed by atoms with E-state index in [0.29, 0.717) is 0 Å². The Morgan fingerprint density at radius 1 is 1.31 bits per heavy atom. The largest absolute Gasteiger partial charge is 0.481 e. The molecular formula is C9H17NO3. The standard InChI is InChI=1S/C9H17NO3/c10-13-9(7-8(11)12)5-3-1-2-4-6-9/h1-7,10H2,(H,11,12). The molecule has 1 fully saturated rings. The van der Waals surface area contributed by atoms with Crippen LogP contribution in [-0.2, 0) is 9.63 Å². The number of carbonyl (C=O) groups is 1. The fourth-order valence-corrected chi connectivity index (χ4v) is 1.98. The molecule has 1 rings (SSSR count). The SMILES string of the molecule is NOC1(CC(=O)O)CCCCCC1. The number of carboxylic acid groups (broad SMARTS) is 1. The molecule has 3 N–H and O–H groups in total. The lowest BCUT2D eigenvalue weighted by Crippen LogP contribution is -2.37. The van der Waals surface area contributed by atoms with Gasteiger partial charge in [0.25, 0.3) is 0 Å². The van der Waals surface area contributed by atoms with Crippen LogP contribution in [0.1, 0.15) is 44.9 Å². The number of aliphatic carboxylic acids is 1. The summed E-state index contributed by atoms with van der Waals surface area (Å²) >= 11 is 0. The van der Waals surface area contributed by atoms with Gasteiger partial charge in [0.05, 0.1) is 12.0 Å². The van der Waals surface area contributed by atoms with Gasteiger partial charge in [-0.05, 0) is 12.8 Å². The minimum Gasteiger partial charge on any atom is -0.481 e. The van der Waals surface area contributed by atoms with Gasteiger partial charge < -0.3 is 5.11 Å². The average Bonchev–Trinajstić information content (AvgIpc) is 2.30. The molecule has 0 aromatic rings. The summed E-state index contributed by atoms with van der Waals surface area (Å²) in [5.74, 6) is 4.37. The molecule has 1 saturated carbocycles. The second-order valence-electron chi connectivity index (χ2n) is 3.79. The zero-order valence-electron chi connectivity index (χ0n) is 7.79. The Balaban J connectivity index is 2.58. The third kappa shape index (κ3) is 2.97. The van der Waals surface area contributed by atoms with Crippen molar-refractivity contribution in [2.75, 3.05) is 0 Å². The van der Waals surface area contributed by atoms with Crippen LogP contribution in [0.2, 0.25) is 0 Å². The minimum atomic E-state index is -0.827. The minimum absolute atomic E-state index is 0.0312. The molecule has 0 radical (unpaired) electrons. The van der Waals surface area contributed by atoms with Crippen LogP contribution in [-0.4, -0.2) is 16.7 Å². The number of rotatable bonds is 3. The third-order valence-electron chi connectivity index (χ3n) is 2.74. The molecule has 76 valence electrons. The Labute approximate surface area is 78.0 Å². The molecule has 4 heteroatoms. The number of nitrogens with two attached hydrogens (primary N) is 1. The molecule has 4 nitrogen and oxygen atoms in total. The van der Waals surface area contributed by atoms with E-state index in [2.05, 4.69) is 0 Å². The molecule has 13 heavy (non-hydrogen) atoms. The van der Waals surface area contributed by atoms with Crippen LogP contribution in [0.3, 0.4) is 0 Å². The van der Waals surface area contributed by atoms with E-state index < -0.39 is 11.6 Å². The predicted molar refractivity (Wildman–Crippen MR) is 48.0 cm³/mol. The summed E-state index contributed by atoms with van der Waals surface area (Å²) in [7, 11) is 0. The summed E-state index contributed by atoms with van der Waals surface area (Å²) in [5, 5.41) is 8.72. The molecule has 1 aliphatic carbocycles. The maximum atomic E-state index is 10.6. The first-order valence-corrected chi connectivity index (χ1v) is 4.78. The fourth-order valence-electron chi connectivity index (χ4n) is 1.98. The zero-order chi connectivity index (χ0) is 9.73. The van der Waals surface area contributed by atoms with Gasteiger partial charge in [-0.2, -0.15) is 0 Å². The van der Waals surface area contributed by atoms with E-state index in [1.165, 1.54) is 0 Å². The first-order chi connectivity index (χ1) is 6.18. The van der Waals surface area contributed by atoms with Crippen molar-refractivity contribution in [2.45, 2.75) is 50.5 Å². The van der Waals surface area contributed by atoms with Crippen LogP contribution in [0.25, 0.3) is 0 Å². The van der Waals surface area contributed by atoms with Crippen molar-refractivity contribution >= 4 is 5.97 Å². The summed E-state index contributed by atoms with van der Waals surface area (Å²) in [4.78, 5) is 15.5. The van der Waals surface area contributed by atoms with Crippen molar-refractivity contribution in [3.8, 4) is 0 Å². The second kappa shape index (κ2) is 4.58. The van der Waals surface area contributed by atoms with E-state index in [1.807, 2.05) is 0 Å². The van der Waals surface area contributed by atoms with Gasteiger partial charge in [-0.25, -0.2) is 5.90 Å². The molecule has 0 aliphatic heterocycles. The Bertz CT molecular complexity index is 174. The van der Waals surface area contributed by atoms with Gasteiger partial charge in [-0.15, -0.1) is 0 Å². The lowest BCUT2D eigenvalue weighted by molar-refractivity contribution is -0.147. The lowest BCUT2D eigenvalue weighted by Gasteiger charge is -2.28. The summed E-state index contributed by atoms with van der Waals surface area (Å²) in [6.07, 6.45) is 5.93. The van der Waals surface area contributed by atoms with Crippen LogP contribution >= 0.6 is 0 Å². The zero-order valence-corrected chi connectivity index (χ0v) is 7.79. The fraction of sp³-hybridized carbons (Fsp3) is 0.889. The molecule has 0 unspecified atom stereocenters. The number of hydrogen-bond donors (Lipinski definition) is 2. The molecule has 1 aliphatic rings. The van der Waals surface area contributed by atoms with Crippen molar-refractivity contribution in [3.63, 3.8) is 0 Å². The predicted octanol–water partition coefficient (Wildman–Crippen LogP) is 1.44. The highest BCUT2D eigenvalue weighted by atomic mass is 16.6. The lowest BCUT2D eigenvalue weighted by atomic mass is 9.91. The maximum absolute atomic E-state index is 10.6. The van der Waals surface area contributed by atoms with Gasteiger partial charge in [-0.3, -0.25) is 9.63 Å². The van der Waals surface area contributed by atoms with Crippen LogP contribution < -0.4 is 5.90 Å². The van der Waals surface area contributed by atoms with Gasteiger partial charge in [0.2, 0.25) is 0 Å². The molecule has 0 aromatic heterocycles. The summed E-state index contributed by atoms with van der Waals surface area (Å²) < 4.78 is 0. The third-order valence-corrected chi connectivity index (χ3v) is 2.74. The molecule has 0 bridgehead atoms. The van der Waals surface area contributed by atoms with Gasteiger partial charge in [-0.1, -0.05) is 25.7 Å². The van der Waals surface area contributed by atoms with Crippen molar-refractivity contribution < 1.29 is 14.7 Å². The molecule has 0 amide bonds. The van der Waals surface area contributed by atoms with E-state index in [9.17, 15) is 4.79 Å².